The predicted octanol–water partition coefficient (Wildman–Crippen LogP) is 1.77. The molecule has 0 spiro atoms. The first-order valence-corrected chi connectivity index (χ1v) is 8.59. The minimum atomic E-state index is -1.30. The molecule has 1 heterocycles. The molecule has 1 aliphatic heterocycles. The molecule has 0 saturated carbocycles. The summed E-state index contributed by atoms with van der Waals surface area (Å²) < 4.78 is 16.3. The van der Waals surface area contributed by atoms with Crippen LogP contribution < -0.4 is 9.47 Å². The maximum absolute atomic E-state index is 11.2. The predicted molar refractivity (Wildman–Crippen MR) is 97.2 cm³/mol. The summed E-state index contributed by atoms with van der Waals surface area (Å²) >= 11 is 0. The molecule has 2 aromatic carbocycles. The fourth-order valence-electron chi connectivity index (χ4n) is 3.58. The molecule has 3 rings (SSSR count). The van der Waals surface area contributed by atoms with Gasteiger partial charge in [0.2, 0.25) is 0 Å². The summed E-state index contributed by atoms with van der Waals surface area (Å²) in [5.74, 6) is 0.0284. The summed E-state index contributed by atoms with van der Waals surface area (Å²) in [5.41, 5.74) is 0.0889. The van der Waals surface area contributed by atoms with Crippen molar-refractivity contribution in [3.8, 4) is 23.0 Å². The normalized spacial score (nSPS) is 24.7. The highest BCUT2D eigenvalue weighted by Crippen LogP contribution is 2.44. The van der Waals surface area contributed by atoms with Crippen LogP contribution in [-0.2, 0) is 11.2 Å². The van der Waals surface area contributed by atoms with Gasteiger partial charge >= 0.3 is 0 Å². The van der Waals surface area contributed by atoms with E-state index >= 15 is 0 Å². The van der Waals surface area contributed by atoms with Gasteiger partial charge in [-0.15, -0.1) is 0 Å². The van der Waals surface area contributed by atoms with Gasteiger partial charge in [-0.25, -0.2) is 0 Å². The van der Waals surface area contributed by atoms with Crippen molar-refractivity contribution < 1.29 is 34.6 Å². The molecule has 7 heteroatoms. The number of phenols is 2. The van der Waals surface area contributed by atoms with Crippen LogP contribution in [0.1, 0.15) is 17.2 Å². The molecule has 0 aromatic heterocycles. The van der Waals surface area contributed by atoms with Gasteiger partial charge in [0.25, 0.3) is 0 Å². The number of aromatic hydroxyl groups is 2. The second kappa shape index (κ2) is 7.64. The topological polar surface area (TPSA) is 109 Å². The van der Waals surface area contributed by atoms with Gasteiger partial charge < -0.3 is 34.6 Å². The first-order valence-electron chi connectivity index (χ1n) is 8.59. The summed E-state index contributed by atoms with van der Waals surface area (Å²) in [5, 5.41) is 40.3. The molecule has 1 aliphatic rings. The number of aliphatic hydroxyl groups excluding tert-OH is 1. The zero-order valence-corrected chi connectivity index (χ0v) is 15.3. The van der Waals surface area contributed by atoms with Gasteiger partial charge in [0.15, 0.2) is 23.0 Å². The van der Waals surface area contributed by atoms with E-state index in [4.69, 9.17) is 14.2 Å². The Morgan fingerprint density at radius 2 is 1.78 bits per heavy atom. The van der Waals surface area contributed by atoms with Crippen molar-refractivity contribution in [2.75, 3.05) is 27.4 Å². The molecule has 1 fully saturated rings. The molecule has 4 N–H and O–H groups in total. The van der Waals surface area contributed by atoms with E-state index in [1.807, 2.05) is 6.07 Å². The summed E-state index contributed by atoms with van der Waals surface area (Å²) in [4.78, 5) is 0. The summed E-state index contributed by atoms with van der Waals surface area (Å²) in [6, 6.07) is 9.71. The lowest BCUT2D eigenvalue weighted by Gasteiger charge is -2.29. The quantitative estimate of drug-likeness (QED) is 0.569. The highest BCUT2D eigenvalue weighted by Gasteiger charge is 2.49. The molecule has 3 atom stereocenters. The average molecular weight is 376 g/mol. The largest absolute Gasteiger partial charge is 0.504 e. The van der Waals surface area contributed by atoms with Crippen LogP contribution in [0.5, 0.6) is 23.0 Å². The third kappa shape index (κ3) is 3.66. The van der Waals surface area contributed by atoms with Crippen molar-refractivity contribution in [3.05, 3.63) is 47.5 Å². The van der Waals surface area contributed by atoms with Crippen molar-refractivity contribution in [1.29, 1.82) is 0 Å². The number of ether oxygens (including phenoxy) is 3. The highest BCUT2D eigenvalue weighted by molar-refractivity contribution is 5.44. The molecular weight excluding hydrogens is 352 g/mol. The van der Waals surface area contributed by atoms with Gasteiger partial charge in [-0.05, 0) is 35.4 Å². The Labute approximate surface area is 157 Å². The van der Waals surface area contributed by atoms with E-state index in [0.717, 1.165) is 5.56 Å². The number of rotatable bonds is 6. The van der Waals surface area contributed by atoms with Crippen LogP contribution in [0.15, 0.2) is 36.4 Å². The van der Waals surface area contributed by atoms with Crippen LogP contribution in [0.2, 0.25) is 0 Å². The Morgan fingerprint density at radius 1 is 1.04 bits per heavy atom. The highest BCUT2D eigenvalue weighted by atomic mass is 16.5. The SMILES string of the molecule is COc1ccc(C[C@@]2(O)CO[C@H](c3ccc(O)c(O)c3)[C@@H]2CO)cc1OC. The van der Waals surface area contributed by atoms with E-state index in [9.17, 15) is 20.4 Å². The fraction of sp³-hybridized carbons (Fsp3) is 0.400. The number of benzene rings is 2. The molecular formula is C20H24O7. The molecule has 2 aromatic rings. The van der Waals surface area contributed by atoms with E-state index in [2.05, 4.69) is 0 Å². The molecule has 7 nitrogen and oxygen atoms in total. The molecule has 27 heavy (non-hydrogen) atoms. The lowest BCUT2D eigenvalue weighted by Crippen LogP contribution is -2.41. The van der Waals surface area contributed by atoms with Crippen LogP contribution in [0, 0.1) is 5.92 Å². The van der Waals surface area contributed by atoms with Crippen molar-refractivity contribution in [2.45, 2.75) is 18.1 Å². The standard InChI is InChI=1S/C20H24O7/c1-25-17-6-3-12(7-18(17)26-2)9-20(24)11-27-19(14(20)10-21)13-4-5-15(22)16(23)8-13/h3-8,14,19,21-24H,9-11H2,1-2H3/t14-,19+,20+/m0/s1. The third-order valence-corrected chi connectivity index (χ3v) is 5.05. The molecule has 146 valence electrons. The Bertz CT molecular complexity index is 807. The van der Waals surface area contributed by atoms with Crippen molar-refractivity contribution in [2.24, 2.45) is 5.92 Å². The lowest BCUT2D eigenvalue weighted by atomic mass is 9.80. The molecule has 1 saturated heterocycles. The Balaban J connectivity index is 1.86. The van der Waals surface area contributed by atoms with Crippen molar-refractivity contribution >= 4 is 0 Å². The molecule has 0 aliphatic carbocycles. The van der Waals surface area contributed by atoms with Gasteiger partial charge in [0.05, 0.1) is 39.1 Å². The molecule has 0 amide bonds. The van der Waals surface area contributed by atoms with Crippen LogP contribution in [0.4, 0.5) is 0 Å². The first kappa shape index (κ1) is 19.3. The zero-order valence-electron chi connectivity index (χ0n) is 15.3. The maximum Gasteiger partial charge on any atom is 0.160 e. The number of aliphatic hydroxyl groups is 2. The van der Waals surface area contributed by atoms with Crippen LogP contribution in [-0.4, -0.2) is 53.5 Å². The zero-order chi connectivity index (χ0) is 19.6. The minimum absolute atomic E-state index is 0.0267. The third-order valence-electron chi connectivity index (χ3n) is 5.05. The van der Waals surface area contributed by atoms with E-state index in [-0.39, 0.29) is 31.1 Å². The van der Waals surface area contributed by atoms with E-state index in [1.165, 1.54) is 12.1 Å². The van der Waals surface area contributed by atoms with E-state index in [1.54, 1.807) is 32.4 Å². The van der Waals surface area contributed by atoms with Crippen molar-refractivity contribution in [1.82, 2.24) is 0 Å². The van der Waals surface area contributed by atoms with Crippen LogP contribution in [0.3, 0.4) is 0 Å². The monoisotopic (exact) mass is 376 g/mol. The molecule has 0 bridgehead atoms. The Hall–Kier alpha value is -2.48. The summed E-state index contributed by atoms with van der Waals surface area (Å²) in [6.07, 6.45) is -0.356. The van der Waals surface area contributed by atoms with Crippen molar-refractivity contribution in [3.63, 3.8) is 0 Å². The Morgan fingerprint density at radius 3 is 2.41 bits per heavy atom. The van der Waals surface area contributed by atoms with E-state index < -0.39 is 17.6 Å². The molecule has 0 radical (unpaired) electrons. The van der Waals surface area contributed by atoms with Gasteiger partial charge in [-0.2, -0.15) is 0 Å². The number of methoxy groups -OCH3 is 2. The lowest BCUT2D eigenvalue weighted by molar-refractivity contribution is -0.0150. The van der Waals surface area contributed by atoms with Gasteiger partial charge in [0, 0.05) is 12.3 Å². The number of phenolic OH excluding ortho intramolecular Hbond substituents is 2. The van der Waals surface area contributed by atoms with Crippen LogP contribution in [0.25, 0.3) is 0 Å². The number of hydrogen-bond donors (Lipinski definition) is 4. The maximum atomic E-state index is 11.2. The summed E-state index contributed by atoms with van der Waals surface area (Å²) in [6.45, 7) is -0.269. The second-order valence-electron chi connectivity index (χ2n) is 6.74. The Kier molecular flexibility index (Phi) is 5.46. The van der Waals surface area contributed by atoms with Gasteiger partial charge in [-0.1, -0.05) is 12.1 Å². The second-order valence-corrected chi connectivity index (χ2v) is 6.74. The molecule has 0 unspecified atom stereocenters. The first-order chi connectivity index (χ1) is 12.9. The van der Waals surface area contributed by atoms with Gasteiger partial charge in [-0.3, -0.25) is 0 Å². The van der Waals surface area contributed by atoms with E-state index in [0.29, 0.717) is 17.1 Å². The fourth-order valence-corrected chi connectivity index (χ4v) is 3.58. The minimum Gasteiger partial charge on any atom is -0.504 e. The number of hydrogen-bond acceptors (Lipinski definition) is 7. The smallest absolute Gasteiger partial charge is 0.160 e. The van der Waals surface area contributed by atoms with Crippen LogP contribution >= 0.6 is 0 Å². The summed E-state index contributed by atoms with van der Waals surface area (Å²) in [7, 11) is 3.09. The van der Waals surface area contributed by atoms with Gasteiger partial charge in [0.1, 0.15) is 0 Å². The average Bonchev–Trinajstić information content (AvgIpc) is 2.99.